The largest absolute Gasteiger partial charge is 0.507 e. The number of aryl methyl sites for hydroxylation is 1. The van der Waals surface area contributed by atoms with Crippen LogP contribution < -0.4 is 0 Å². The van der Waals surface area contributed by atoms with Crippen LogP contribution in [0.5, 0.6) is 5.75 Å². The SMILES string of the molecule is [2H]C([2H])([2H])c1cc(-n2c(-c3ccccc3O)nc3c(-c4cc(-c5ccccc5)cc(-c5cc(-c6ccc(-c7ccccc7)cc6)ccn5)c4)cccc32)cc(-c2ccccc2)c1C([2H])([2H])[2H]. The molecule has 0 amide bonds. The van der Waals surface area contributed by atoms with Gasteiger partial charge < -0.3 is 5.11 Å². The van der Waals surface area contributed by atoms with Crippen molar-refractivity contribution in [3.63, 3.8) is 0 Å². The van der Waals surface area contributed by atoms with Gasteiger partial charge in [-0.15, -0.1) is 0 Å². The number of hydrogen-bond acceptors (Lipinski definition) is 3. The van der Waals surface area contributed by atoms with E-state index in [-0.39, 0.29) is 22.4 Å². The standard InChI is InChI=1S/C56H41N3O/c1-37-31-48(36-51(38(37)2)43-19-10-5-11-20-43)59-53-23-14-22-49(55(53)58-56(59)50-21-12-13-24-54(50)60)46-32-45(40-17-8-4-9-18-40)33-47(34-46)52-35-44(29-30-57-52)42-27-25-41(26-28-42)39-15-6-3-7-16-39/h3-36,60H,1-2H3/i1D3,2D3. The second-order valence-electron chi connectivity index (χ2n) is 14.8. The van der Waals surface area contributed by atoms with Gasteiger partial charge >= 0.3 is 0 Å². The van der Waals surface area contributed by atoms with Gasteiger partial charge in [-0.1, -0.05) is 140 Å². The lowest BCUT2D eigenvalue weighted by Gasteiger charge is -2.16. The van der Waals surface area contributed by atoms with Crippen LogP contribution in [0.3, 0.4) is 0 Å². The van der Waals surface area contributed by atoms with E-state index in [4.69, 9.17) is 18.2 Å². The van der Waals surface area contributed by atoms with Crippen LogP contribution in [0, 0.1) is 13.7 Å². The van der Waals surface area contributed by atoms with E-state index in [1.54, 1.807) is 54.6 Å². The Morgan fingerprint density at radius 1 is 0.450 bits per heavy atom. The quantitative estimate of drug-likeness (QED) is 0.167. The highest BCUT2D eigenvalue weighted by atomic mass is 16.3. The molecule has 10 aromatic rings. The van der Waals surface area contributed by atoms with E-state index in [1.807, 2.05) is 77.5 Å². The van der Waals surface area contributed by atoms with Gasteiger partial charge in [0.2, 0.25) is 0 Å². The Hall–Kier alpha value is -7.82. The summed E-state index contributed by atoms with van der Waals surface area (Å²) in [6.45, 7) is -5.54. The first-order chi connectivity index (χ1) is 31.9. The van der Waals surface area contributed by atoms with Gasteiger partial charge in [0.25, 0.3) is 0 Å². The van der Waals surface area contributed by atoms with E-state index in [0.29, 0.717) is 33.7 Å². The minimum absolute atomic E-state index is 0.0249. The number of imidazole rings is 1. The Kier molecular flexibility index (Phi) is 7.82. The molecule has 0 saturated heterocycles. The number of hydrogen-bond donors (Lipinski definition) is 1. The summed E-state index contributed by atoms with van der Waals surface area (Å²) in [5, 5.41) is 11.4. The lowest BCUT2D eigenvalue weighted by atomic mass is 9.93. The van der Waals surface area contributed by atoms with Crippen LogP contribution in [-0.2, 0) is 0 Å². The molecular weight excluding hydrogens is 731 g/mol. The molecule has 0 fully saturated rings. The predicted molar refractivity (Wildman–Crippen MR) is 248 cm³/mol. The lowest BCUT2D eigenvalue weighted by Crippen LogP contribution is -2.00. The second kappa shape index (κ2) is 15.5. The summed E-state index contributed by atoms with van der Waals surface area (Å²) in [5.41, 5.74) is 12.0. The molecule has 0 unspecified atom stereocenters. The fourth-order valence-corrected chi connectivity index (χ4v) is 8.02. The molecule has 0 bridgehead atoms. The maximum atomic E-state index is 11.4. The summed E-state index contributed by atoms with van der Waals surface area (Å²) in [7, 11) is 0. The van der Waals surface area contributed by atoms with E-state index in [9.17, 15) is 5.11 Å². The molecule has 0 aliphatic carbocycles. The summed E-state index contributed by atoms with van der Waals surface area (Å²) in [5.74, 6) is 0.322. The van der Waals surface area contributed by atoms with Crippen LogP contribution in [0.1, 0.15) is 19.4 Å². The minimum Gasteiger partial charge on any atom is -0.507 e. The van der Waals surface area contributed by atoms with Crippen molar-refractivity contribution < 1.29 is 13.3 Å². The monoisotopic (exact) mass is 777 g/mol. The first kappa shape index (κ1) is 30.3. The number of para-hydroxylation sites is 2. The Labute approximate surface area is 358 Å². The van der Waals surface area contributed by atoms with Gasteiger partial charge in [0, 0.05) is 31.2 Å². The number of fused-ring (bicyclic) bond motifs is 1. The van der Waals surface area contributed by atoms with Crippen LogP contribution in [-0.4, -0.2) is 19.6 Å². The number of benzene rings is 8. The Bertz CT molecular complexity index is 3380. The smallest absolute Gasteiger partial charge is 0.149 e. The second-order valence-corrected chi connectivity index (χ2v) is 14.8. The van der Waals surface area contributed by atoms with Gasteiger partial charge in [0.05, 0.1) is 22.3 Å². The average molecular weight is 778 g/mol. The van der Waals surface area contributed by atoms with Crippen molar-refractivity contribution in [1.82, 2.24) is 14.5 Å². The van der Waals surface area contributed by atoms with Crippen molar-refractivity contribution in [3.8, 4) is 89.7 Å². The highest BCUT2D eigenvalue weighted by Crippen LogP contribution is 2.41. The Morgan fingerprint density at radius 2 is 1.05 bits per heavy atom. The molecule has 0 saturated carbocycles. The number of rotatable bonds is 8. The molecule has 286 valence electrons. The molecule has 2 aromatic heterocycles. The normalized spacial score (nSPS) is 13.1. The number of phenols is 1. The fourth-order valence-electron chi connectivity index (χ4n) is 8.02. The fraction of sp³-hybridized carbons (Fsp3) is 0.0357. The number of pyridine rings is 1. The summed E-state index contributed by atoms with van der Waals surface area (Å²) in [6.07, 6.45) is 1.83. The molecule has 4 nitrogen and oxygen atoms in total. The van der Waals surface area contributed by atoms with Crippen molar-refractivity contribution in [2.24, 2.45) is 0 Å². The molecule has 0 aliphatic heterocycles. The number of nitrogens with zero attached hydrogens (tertiary/aromatic N) is 3. The lowest BCUT2D eigenvalue weighted by molar-refractivity contribution is 0.477. The zero-order valence-corrected chi connectivity index (χ0v) is 32.4. The molecule has 8 aromatic carbocycles. The van der Waals surface area contributed by atoms with Crippen molar-refractivity contribution >= 4 is 11.0 Å². The van der Waals surface area contributed by atoms with Crippen LogP contribution in [0.25, 0.3) is 95.0 Å². The molecule has 1 N–H and O–H groups in total. The maximum Gasteiger partial charge on any atom is 0.149 e. The van der Waals surface area contributed by atoms with Gasteiger partial charge in [-0.25, -0.2) is 4.98 Å². The molecule has 10 rings (SSSR count). The summed E-state index contributed by atoms with van der Waals surface area (Å²) in [4.78, 5) is 10.2. The first-order valence-electron chi connectivity index (χ1n) is 22.8. The van der Waals surface area contributed by atoms with E-state index < -0.39 is 13.7 Å². The van der Waals surface area contributed by atoms with E-state index in [0.717, 1.165) is 55.8 Å². The summed E-state index contributed by atoms with van der Waals surface area (Å²) >= 11 is 0. The number of phenolic OH excluding ortho intramolecular Hbond substituents is 1. The average Bonchev–Trinajstić information content (AvgIpc) is 3.74. The van der Waals surface area contributed by atoms with E-state index >= 15 is 0 Å². The molecule has 0 spiro atoms. The molecule has 0 radical (unpaired) electrons. The molecule has 0 atom stereocenters. The third-order valence-corrected chi connectivity index (χ3v) is 11.0. The van der Waals surface area contributed by atoms with Crippen molar-refractivity contribution in [2.75, 3.05) is 0 Å². The van der Waals surface area contributed by atoms with E-state index in [1.165, 1.54) is 6.07 Å². The highest BCUT2D eigenvalue weighted by Gasteiger charge is 2.22. The van der Waals surface area contributed by atoms with Crippen molar-refractivity contribution in [3.05, 3.63) is 218 Å². The molecular formula is C56H41N3O. The Balaban J connectivity index is 1.19. The molecule has 0 aliphatic rings. The number of aromatic hydroxyl groups is 1. The van der Waals surface area contributed by atoms with Crippen molar-refractivity contribution in [1.29, 1.82) is 0 Å². The third-order valence-electron chi connectivity index (χ3n) is 11.0. The van der Waals surface area contributed by atoms with Crippen LogP contribution in [0.4, 0.5) is 0 Å². The van der Waals surface area contributed by atoms with Gasteiger partial charge in [-0.2, -0.15) is 0 Å². The van der Waals surface area contributed by atoms with Crippen LogP contribution in [0.2, 0.25) is 0 Å². The first-order valence-corrected chi connectivity index (χ1v) is 19.8. The van der Waals surface area contributed by atoms with Gasteiger partial charge in [-0.05, 0) is 136 Å². The van der Waals surface area contributed by atoms with Crippen LogP contribution in [0.15, 0.2) is 206 Å². The molecule has 60 heavy (non-hydrogen) atoms. The molecule has 2 heterocycles. The van der Waals surface area contributed by atoms with E-state index in [2.05, 4.69) is 72.8 Å². The van der Waals surface area contributed by atoms with Gasteiger partial charge in [0.15, 0.2) is 0 Å². The summed E-state index contributed by atoms with van der Waals surface area (Å²) < 4.78 is 53.4. The minimum atomic E-state index is -2.79. The third kappa shape index (κ3) is 6.84. The number of aromatic nitrogens is 3. The summed E-state index contributed by atoms with van der Waals surface area (Å²) in [6, 6.07) is 64.3. The van der Waals surface area contributed by atoms with Gasteiger partial charge in [0.1, 0.15) is 11.6 Å². The zero-order valence-electron chi connectivity index (χ0n) is 38.4. The zero-order chi connectivity index (χ0) is 45.6. The van der Waals surface area contributed by atoms with Crippen LogP contribution >= 0.6 is 0 Å². The van der Waals surface area contributed by atoms with Gasteiger partial charge in [-0.3, -0.25) is 9.55 Å². The molecule has 4 heteroatoms. The maximum absolute atomic E-state index is 11.4. The highest BCUT2D eigenvalue weighted by molar-refractivity contribution is 5.98. The topological polar surface area (TPSA) is 50.9 Å². The Morgan fingerprint density at radius 3 is 1.75 bits per heavy atom. The predicted octanol–water partition coefficient (Wildman–Crippen LogP) is 14.4. The van der Waals surface area contributed by atoms with Crippen molar-refractivity contribution in [2.45, 2.75) is 13.7 Å².